The molecule has 6 heteroatoms. The fourth-order valence-corrected chi connectivity index (χ4v) is 2.71. The van der Waals surface area contributed by atoms with Gasteiger partial charge >= 0.3 is 0 Å². The standard InChI is InChI=1S/C20H22N2O4/c1-14-6-5-7-17-19(14)21-20(26-17)15-9-11-16(12-10-15)25-13-4-2-3-8-18(23)22-24/h5-7,9-12,24H,2-4,8,13H2,1H3,(H,22,23). The molecule has 0 saturated carbocycles. The number of para-hydroxylation sites is 1. The van der Waals surface area contributed by atoms with Gasteiger partial charge in [-0.05, 0) is 62.1 Å². The number of nitrogens with zero attached hydrogens (tertiary/aromatic N) is 1. The number of hydrogen-bond acceptors (Lipinski definition) is 5. The third kappa shape index (κ3) is 4.40. The van der Waals surface area contributed by atoms with Gasteiger partial charge in [0.1, 0.15) is 11.3 Å². The smallest absolute Gasteiger partial charge is 0.243 e. The summed E-state index contributed by atoms with van der Waals surface area (Å²) < 4.78 is 11.5. The fourth-order valence-electron chi connectivity index (χ4n) is 2.71. The highest BCUT2D eigenvalue weighted by atomic mass is 16.5. The van der Waals surface area contributed by atoms with E-state index in [9.17, 15) is 4.79 Å². The molecule has 0 atom stereocenters. The van der Waals surface area contributed by atoms with Crippen LogP contribution in [0.2, 0.25) is 0 Å². The second-order valence-electron chi connectivity index (χ2n) is 6.16. The zero-order valence-electron chi connectivity index (χ0n) is 14.7. The number of oxazole rings is 1. The SMILES string of the molecule is Cc1cccc2oc(-c3ccc(OCCCCCC(=O)NO)cc3)nc12. The minimum absolute atomic E-state index is 0.329. The number of nitrogens with one attached hydrogen (secondary N) is 1. The molecule has 0 bridgehead atoms. The number of ether oxygens (including phenoxy) is 1. The van der Waals surface area contributed by atoms with Crippen molar-refractivity contribution in [1.82, 2.24) is 10.5 Å². The number of unbranched alkanes of at least 4 members (excludes halogenated alkanes) is 2. The number of carbonyl (C=O) groups is 1. The Labute approximate surface area is 151 Å². The summed E-state index contributed by atoms with van der Waals surface area (Å²) in [6.07, 6.45) is 2.78. The van der Waals surface area contributed by atoms with E-state index >= 15 is 0 Å². The van der Waals surface area contributed by atoms with E-state index in [2.05, 4.69) is 4.98 Å². The molecule has 0 aliphatic rings. The van der Waals surface area contributed by atoms with Gasteiger partial charge in [0.15, 0.2) is 5.58 Å². The van der Waals surface area contributed by atoms with Crippen molar-refractivity contribution in [3.05, 3.63) is 48.0 Å². The lowest BCUT2D eigenvalue weighted by atomic mass is 10.2. The van der Waals surface area contributed by atoms with E-state index in [0.717, 1.165) is 47.2 Å². The second-order valence-corrected chi connectivity index (χ2v) is 6.16. The first-order chi connectivity index (χ1) is 12.7. The summed E-state index contributed by atoms with van der Waals surface area (Å²) in [4.78, 5) is 15.5. The largest absolute Gasteiger partial charge is 0.494 e. The van der Waals surface area contributed by atoms with Crippen LogP contribution in [0.25, 0.3) is 22.6 Å². The number of carbonyl (C=O) groups excluding carboxylic acids is 1. The monoisotopic (exact) mass is 354 g/mol. The van der Waals surface area contributed by atoms with Crippen molar-refractivity contribution in [2.45, 2.75) is 32.6 Å². The number of fused-ring (bicyclic) bond motifs is 1. The van der Waals surface area contributed by atoms with Gasteiger partial charge < -0.3 is 9.15 Å². The molecule has 0 saturated heterocycles. The van der Waals surface area contributed by atoms with E-state index < -0.39 is 0 Å². The molecule has 1 aromatic heterocycles. The molecule has 0 radical (unpaired) electrons. The van der Waals surface area contributed by atoms with Crippen LogP contribution in [-0.4, -0.2) is 22.7 Å². The van der Waals surface area contributed by atoms with Crippen molar-refractivity contribution < 1.29 is 19.2 Å². The molecule has 3 aromatic rings. The molecule has 0 unspecified atom stereocenters. The van der Waals surface area contributed by atoms with Crippen LogP contribution in [-0.2, 0) is 4.79 Å². The molecular formula is C20H22N2O4. The number of rotatable bonds is 8. The summed E-state index contributed by atoms with van der Waals surface area (Å²) in [6.45, 7) is 2.60. The first-order valence-corrected chi connectivity index (χ1v) is 8.69. The van der Waals surface area contributed by atoms with E-state index in [-0.39, 0.29) is 5.91 Å². The molecule has 26 heavy (non-hydrogen) atoms. The summed E-state index contributed by atoms with van der Waals surface area (Å²) in [6, 6.07) is 13.6. The van der Waals surface area contributed by atoms with Crippen LogP contribution in [0.3, 0.4) is 0 Å². The van der Waals surface area contributed by atoms with E-state index in [0.29, 0.717) is 18.9 Å². The van der Waals surface area contributed by atoms with E-state index in [1.807, 2.05) is 49.4 Å². The zero-order valence-corrected chi connectivity index (χ0v) is 14.7. The molecule has 1 amide bonds. The van der Waals surface area contributed by atoms with Gasteiger partial charge in [-0.2, -0.15) is 0 Å². The van der Waals surface area contributed by atoms with Crippen LogP contribution in [0.4, 0.5) is 0 Å². The molecular weight excluding hydrogens is 332 g/mol. The van der Waals surface area contributed by atoms with Gasteiger partial charge in [0.05, 0.1) is 6.61 Å². The van der Waals surface area contributed by atoms with Gasteiger partial charge in [-0.1, -0.05) is 12.1 Å². The molecule has 2 aromatic carbocycles. The molecule has 0 spiro atoms. The van der Waals surface area contributed by atoms with Gasteiger partial charge in [0.25, 0.3) is 0 Å². The molecule has 0 aliphatic carbocycles. The number of aromatic nitrogens is 1. The number of aryl methyl sites for hydroxylation is 1. The Morgan fingerprint density at radius 2 is 1.96 bits per heavy atom. The van der Waals surface area contributed by atoms with Crippen molar-refractivity contribution in [2.24, 2.45) is 0 Å². The molecule has 3 rings (SSSR count). The molecule has 136 valence electrons. The topological polar surface area (TPSA) is 84.6 Å². The maximum Gasteiger partial charge on any atom is 0.243 e. The fraction of sp³-hybridized carbons (Fsp3) is 0.300. The Morgan fingerprint density at radius 1 is 1.15 bits per heavy atom. The molecule has 6 nitrogen and oxygen atoms in total. The van der Waals surface area contributed by atoms with Gasteiger partial charge in [0.2, 0.25) is 11.8 Å². The quantitative estimate of drug-likeness (QED) is 0.359. The van der Waals surface area contributed by atoms with E-state index in [4.69, 9.17) is 14.4 Å². The average Bonchev–Trinajstić information content (AvgIpc) is 3.10. The van der Waals surface area contributed by atoms with Crippen molar-refractivity contribution in [3.63, 3.8) is 0 Å². The zero-order chi connectivity index (χ0) is 18.4. The minimum atomic E-state index is -0.351. The second kappa shape index (κ2) is 8.49. The lowest BCUT2D eigenvalue weighted by Gasteiger charge is -2.06. The van der Waals surface area contributed by atoms with Crippen LogP contribution < -0.4 is 10.2 Å². The maximum absolute atomic E-state index is 10.9. The lowest BCUT2D eigenvalue weighted by Crippen LogP contribution is -2.17. The van der Waals surface area contributed by atoms with Crippen molar-refractivity contribution >= 4 is 17.0 Å². The van der Waals surface area contributed by atoms with Gasteiger partial charge in [-0.15, -0.1) is 0 Å². The Hall–Kier alpha value is -2.86. The average molecular weight is 354 g/mol. The summed E-state index contributed by atoms with van der Waals surface area (Å²) in [5.74, 6) is 1.04. The van der Waals surface area contributed by atoms with Gasteiger partial charge in [-0.25, -0.2) is 10.5 Å². The predicted molar refractivity (Wildman–Crippen MR) is 98.1 cm³/mol. The van der Waals surface area contributed by atoms with Crippen LogP contribution in [0.5, 0.6) is 5.75 Å². The first-order valence-electron chi connectivity index (χ1n) is 8.69. The van der Waals surface area contributed by atoms with Crippen LogP contribution >= 0.6 is 0 Å². The van der Waals surface area contributed by atoms with Gasteiger partial charge in [-0.3, -0.25) is 10.0 Å². The normalized spacial score (nSPS) is 10.8. The third-order valence-corrected chi connectivity index (χ3v) is 4.16. The van der Waals surface area contributed by atoms with Crippen molar-refractivity contribution in [2.75, 3.05) is 6.61 Å². The van der Waals surface area contributed by atoms with Crippen LogP contribution in [0.15, 0.2) is 46.9 Å². The summed E-state index contributed by atoms with van der Waals surface area (Å²) in [5.41, 5.74) is 5.30. The molecule has 1 heterocycles. The van der Waals surface area contributed by atoms with E-state index in [1.54, 1.807) is 5.48 Å². The van der Waals surface area contributed by atoms with Crippen LogP contribution in [0, 0.1) is 6.92 Å². The van der Waals surface area contributed by atoms with Gasteiger partial charge in [0, 0.05) is 12.0 Å². The molecule has 2 N–H and O–H groups in total. The first kappa shape index (κ1) is 17.9. The van der Waals surface area contributed by atoms with Crippen molar-refractivity contribution in [1.29, 1.82) is 0 Å². The Morgan fingerprint density at radius 3 is 2.69 bits per heavy atom. The highest BCUT2D eigenvalue weighted by molar-refractivity contribution is 5.79. The Kier molecular flexibility index (Phi) is 5.86. The molecule has 0 fully saturated rings. The summed E-state index contributed by atoms with van der Waals surface area (Å²) in [5, 5.41) is 8.41. The summed E-state index contributed by atoms with van der Waals surface area (Å²) in [7, 11) is 0. The summed E-state index contributed by atoms with van der Waals surface area (Å²) >= 11 is 0. The molecule has 0 aliphatic heterocycles. The highest BCUT2D eigenvalue weighted by Crippen LogP contribution is 2.27. The number of amides is 1. The maximum atomic E-state index is 10.9. The number of hydrogen-bond donors (Lipinski definition) is 2. The third-order valence-electron chi connectivity index (χ3n) is 4.16. The predicted octanol–water partition coefficient (Wildman–Crippen LogP) is 4.25. The Balaban J connectivity index is 1.52. The number of benzene rings is 2. The lowest BCUT2D eigenvalue weighted by molar-refractivity contribution is -0.129. The Bertz CT molecular complexity index is 871. The van der Waals surface area contributed by atoms with Crippen molar-refractivity contribution in [3.8, 4) is 17.2 Å². The highest BCUT2D eigenvalue weighted by Gasteiger charge is 2.09. The van der Waals surface area contributed by atoms with E-state index in [1.165, 1.54) is 0 Å². The van der Waals surface area contributed by atoms with Crippen LogP contribution in [0.1, 0.15) is 31.2 Å². The minimum Gasteiger partial charge on any atom is -0.494 e. The number of hydroxylamine groups is 1.